The van der Waals surface area contributed by atoms with Gasteiger partial charge in [0.15, 0.2) is 5.96 Å². The summed E-state index contributed by atoms with van der Waals surface area (Å²) in [6.45, 7) is 8.82. The highest BCUT2D eigenvalue weighted by atomic mass is 16.5. The van der Waals surface area contributed by atoms with Crippen molar-refractivity contribution < 1.29 is 4.74 Å². The van der Waals surface area contributed by atoms with Crippen LogP contribution in [0.15, 0.2) is 29.3 Å². The zero-order chi connectivity index (χ0) is 16.5. The van der Waals surface area contributed by atoms with Gasteiger partial charge in [-0.05, 0) is 50.9 Å². The molecule has 23 heavy (non-hydrogen) atoms. The quantitative estimate of drug-likeness (QED) is 0.438. The predicted octanol–water partition coefficient (Wildman–Crippen LogP) is 2.15. The Morgan fingerprint density at radius 2 is 2.26 bits per heavy atom. The number of para-hydroxylation sites is 1. The number of aryl methyl sites for hydroxylation is 1. The van der Waals surface area contributed by atoms with Crippen LogP contribution in [0.25, 0.3) is 0 Å². The van der Waals surface area contributed by atoms with E-state index in [1.54, 1.807) is 0 Å². The molecule has 1 aliphatic rings. The molecule has 1 saturated heterocycles. The molecule has 0 bridgehead atoms. The van der Waals surface area contributed by atoms with Crippen molar-refractivity contribution in [3.05, 3.63) is 29.8 Å². The van der Waals surface area contributed by atoms with Crippen LogP contribution in [-0.4, -0.2) is 49.7 Å². The zero-order valence-corrected chi connectivity index (χ0v) is 14.4. The Kier molecular flexibility index (Phi) is 7.20. The summed E-state index contributed by atoms with van der Waals surface area (Å²) in [5, 5.41) is 3.17. The van der Waals surface area contributed by atoms with Gasteiger partial charge in [0.2, 0.25) is 0 Å². The third-order valence-electron chi connectivity index (χ3n) is 4.36. The number of ether oxygens (including phenoxy) is 1. The molecule has 128 valence electrons. The van der Waals surface area contributed by atoms with Crippen LogP contribution >= 0.6 is 0 Å². The highest BCUT2D eigenvalue weighted by Gasteiger charge is 2.22. The smallest absolute Gasteiger partial charge is 0.188 e. The monoisotopic (exact) mass is 318 g/mol. The second kappa shape index (κ2) is 9.40. The van der Waals surface area contributed by atoms with Gasteiger partial charge in [-0.2, -0.15) is 0 Å². The molecule has 1 unspecified atom stereocenters. The lowest BCUT2D eigenvalue weighted by atomic mass is 10.2. The minimum atomic E-state index is 0.545. The zero-order valence-electron chi connectivity index (χ0n) is 14.4. The van der Waals surface area contributed by atoms with Crippen molar-refractivity contribution in [2.75, 3.05) is 32.8 Å². The number of likely N-dealkylation sites (tertiary alicyclic amines) is 1. The molecule has 5 heteroatoms. The molecule has 0 saturated carbocycles. The number of nitrogens with two attached hydrogens (primary N) is 1. The topological polar surface area (TPSA) is 62.9 Å². The van der Waals surface area contributed by atoms with Gasteiger partial charge in [-0.1, -0.05) is 25.1 Å². The van der Waals surface area contributed by atoms with E-state index >= 15 is 0 Å². The molecule has 0 aliphatic carbocycles. The molecule has 0 radical (unpaired) electrons. The molecule has 0 amide bonds. The first kappa shape index (κ1) is 17.6. The van der Waals surface area contributed by atoms with Gasteiger partial charge in [0.25, 0.3) is 0 Å². The molecule has 0 aromatic heterocycles. The maximum Gasteiger partial charge on any atom is 0.188 e. The van der Waals surface area contributed by atoms with E-state index in [4.69, 9.17) is 10.5 Å². The first-order chi connectivity index (χ1) is 11.2. The first-order valence-corrected chi connectivity index (χ1v) is 8.67. The summed E-state index contributed by atoms with van der Waals surface area (Å²) in [5.74, 6) is 1.50. The van der Waals surface area contributed by atoms with Crippen molar-refractivity contribution in [3.63, 3.8) is 0 Å². The van der Waals surface area contributed by atoms with Crippen LogP contribution in [0.4, 0.5) is 0 Å². The van der Waals surface area contributed by atoms with Crippen LogP contribution in [0.1, 0.15) is 31.7 Å². The fraction of sp³-hybridized carbons (Fsp3) is 0.611. The molecular weight excluding hydrogens is 288 g/mol. The van der Waals surface area contributed by atoms with E-state index in [1.807, 2.05) is 18.2 Å². The van der Waals surface area contributed by atoms with E-state index in [0.29, 0.717) is 18.6 Å². The normalized spacial score (nSPS) is 19.0. The summed E-state index contributed by atoms with van der Waals surface area (Å²) in [4.78, 5) is 6.95. The molecule has 1 aromatic carbocycles. The SMILES string of the molecule is CCN1CCCC1CN=C(N)NCCCOc1ccccc1C. The highest BCUT2D eigenvalue weighted by molar-refractivity contribution is 5.77. The lowest BCUT2D eigenvalue weighted by Gasteiger charge is -2.20. The number of rotatable bonds is 8. The van der Waals surface area contributed by atoms with E-state index < -0.39 is 0 Å². The second-order valence-corrected chi connectivity index (χ2v) is 6.04. The Morgan fingerprint density at radius 3 is 3.04 bits per heavy atom. The average Bonchev–Trinajstić information content (AvgIpc) is 3.02. The van der Waals surface area contributed by atoms with Crippen LogP contribution in [0.2, 0.25) is 0 Å². The Labute approximate surface area is 139 Å². The van der Waals surface area contributed by atoms with E-state index in [0.717, 1.165) is 31.8 Å². The first-order valence-electron chi connectivity index (χ1n) is 8.67. The van der Waals surface area contributed by atoms with Gasteiger partial charge >= 0.3 is 0 Å². The van der Waals surface area contributed by atoms with Crippen molar-refractivity contribution in [2.24, 2.45) is 10.7 Å². The molecule has 1 heterocycles. The number of hydrogen-bond acceptors (Lipinski definition) is 3. The standard InChI is InChI=1S/C18H30N4O/c1-3-22-12-6-9-16(22)14-21-18(19)20-11-7-13-23-17-10-5-4-8-15(17)2/h4-5,8,10,16H,3,6-7,9,11-14H2,1-2H3,(H3,19,20,21). The summed E-state index contributed by atoms with van der Waals surface area (Å²) in [5.41, 5.74) is 7.10. The summed E-state index contributed by atoms with van der Waals surface area (Å²) in [6.07, 6.45) is 3.40. The lowest BCUT2D eigenvalue weighted by Crippen LogP contribution is -2.36. The number of nitrogens with zero attached hydrogens (tertiary/aromatic N) is 2. The third kappa shape index (κ3) is 5.75. The molecule has 0 spiro atoms. The third-order valence-corrected chi connectivity index (χ3v) is 4.36. The largest absolute Gasteiger partial charge is 0.493 e. The number of benzene rings is 1. The average molecular weight is 318 g/mol. The Morgan fingerprint density at radius 1 is 1.43 bits per heavy atom. The van der Waals surface area contributed by atoms with E-state index in [9.17, 15) is 0 Å². The Balaban J connectivity index is 1.60. The van der Waals surface area contributed by atoms with Gasteiger partial charge in [0.1, 0.15) is 5.75 Å². The van der Waals surface area contributed by atoms with E-state index in [-0.39, 0.29) is 0 Å². The predicted molar refractivity (Wildman–Crippen MR) is 96.1 cm³/mol. The van der Waals surface area contributed by atoms with E-state index in [2.05, 4.69) is 35.1 Å². The summed E-state index contributed by atoms with van der Waals surface area (Å²) in [7, 11) is 0. The summed E-state index contributed by atoms with van der Waals surface area (Å²) in [6, 6.07) is 8.63. The summed E-state index contributed by atoms with van der Waals surface area (Å²) >= 11 is 0. The minimum absolute atomic E-state index is 0.545. The number of nitrogens with one attached hydrogen (secondary N) is 1. The van der Waals surface area contributed by atoms with Crippen LogP contribution in [0.5, 0.6) is 5.75 Å². The summed E-state index contributed by atoms with van der Waals surface area (Å²) < 4.78 is 5.76. The van der Waals surface area contributed by atoms with E-state index in [1.165, 1.54) is 24.9 Å². The van der Waals surface area contributed by atoms with Gasteiger partial charge in [0.05, 0.1) is 13.2 Å². The lowest BCUT2D eigenvalue weighted by molar-refractivity contribution is 0.273. The molecule has 3 N–H and O–H groups in total. The fourth-order valence-electron chi connectivity index (χ4n) is 2.97. The minimum Gasteiger partial charge on any atom is -0.493 e. The van der Waals surface area contributed by atoms with Crippen molar-refractivity contribution in [3.8, 4) is 5.75 Å². The van der Waals surface area contributed by atoms with Crippen molar-refractivity contribution in [2.45, 2.75) is 39.2 Å². The molecule has 1 atom stereocenters. The van der Waals surface area contributed by atoms with Gasteiger partial charge in [-0.25, -0.2) is 0 Å². The molecule has 1 fully saturated rings. The van der Waals surface area contributed by atoms with Crippen LogP contribution < -0.4 is 15.8 Å². The number of likely N-dealkylation sites (N-methyl/N-ethyl adjacent to an activating group) is 1. The van der Waals surface area contributed by atoms with Crippen molar-refractivity contribution >= 4 is 5.96 Å². The van der Waals surface area contributed by atoms with Gasteiger partial charge in [-0.3, -0.25) is 9.89 Å². The number of aliphatic imine (C=N–C) groups is 1. The van der Waals surface area contributed by atoms with Crippen molar-refractivity contribution in [1.82, 2.24) is 10.2 Å². The van der Waals surface area contributed by atoms with Gasteiger partial charge in [-0.15, -0.1) is 0 Å². The number of guanidine groups is 1. The van der Waals surface area contributed by atoms with Crippen LogP contribution in [0.3, 0.4) is 0 Å². The molecule has 5 nitrogen and oxygen atoms in total. The highest BCUT2D eigenvalue weighted by Crippen LogP contribution is 2.17. The second-order valence-electron chi connectivity index (χ2n) is 6.04. The van der Waals surface area contributed by atoms with Gasteiger partial charge in [0, 0.05) is 12.6 Å². The maximum absolute atomic E-state index is 5.94. The fourth-order valence-corrected chi connectivity index (χ4v) is 2.97. The van der Waals surface area contributed by atoms with Crippen LogP contribution in [0, 0.1) is 6.92 Å². The maximum atomic E-state index is 5.94. The van der Waals surface area contributed by atoms with Crippen LogP contribution in [-0.2, 0) is 0 Å². The molecule has 1 aliphatic heterocycles. The molecular formula is C18H30N4O. The Bertz CT molecular complexity index is 504. The Hall–Kier alpha value is -1.75. The van der Waals surface area contributed by atoms with Crippen molar-refractivity contribution in [1.29, 1.82) is 0 Å². The molecule has 2 rings (SSSR count). The van der Waals surface area contributed by atoms with Gasteiger partial charge < -0.3 is 15.8 Å². The number of hydrogen-bond donors (Lipinski definition) is 2. The molecule has 1 aromatic rings.